The van der Waals surface area contributed by atoms with Gasteiger partial charge in [0.15, 0.2) is 5.69 Å². The largest absolute Gasteiger partial charge is 0.381 e. The van der Waals surface area contributed by atoms with Crippen LogP contribution >= 0.6 is 11.6 Å². The lowest BCUT2D eigenvalue weighted by molar-refractivity contribution is 0.0537. The molecule has 1 saturated heterocycles. The van der Waals surface area contributed by atoms with Crippen molar-refractivity contribution in [3.63, 3.8) is 0 Å². The zero-order valence-corrected chi connectivity index (χ0v) is 13.8. The minimum absolute atomic E-state index is 0.118. The van der Waals surface area contributed by atoms with E-state index < -0.39 is 0 Å². The van der Waals surface area contributed by atoms with E-state index >= 15 is 0 Å². The molecule has 1 fully saturated rings. The van der Waals surface area contributed by atoms with Gasteiger partial charge in [-0.3, -0.25) is 4.79 Å². The summed E-state index contributed by atoms with van der Waals surface area (Å²) < 4.78 is 7.03. The van der Waals surface area contributed by atoms with Gasteiger partial charge in [0.25, 0.3) is 5.91 Å². The molecular weight excluding hydrogens is 314 g/mol. The SMILES string of the molecule is CC(NC(=O)c1ccn(-c2ccc(Cl)cc2)n1)C1CCOCC1. The van der Waals surface area contributed by atoms with Crippen LogP contribution in [0.15, 0.2) is 36.5 Å². The molecule has 1 aliphatic heterocycles. The van der Waals surface area contributed by atoms with Crippen molar-refractivity contribution < 1.29 is 9.53 Å². The van der Waals surface area contributed by atoms with Crippen LogP contribution in [0, 0.1) is 5.92 Å². The van der Waals surface area contributed by atoms with Crippen molar-refractivity contribution in [1.82, 2.24) is 15.1 Å². The number of hydrogen-bond donors (Lipinski definition) is 1. The molecule has 1 aromatic heterocycles. The molecule has 122 valence electrons. The first kappa shape index (κ1) is 16.0. The number of benzene rings is 1. The van der Waals surface area contributed by atoms with E-state index in [-0.39, 0.29) is 11.9 Å². The Morgan fingerprint density at radius 1 is 1.30 bits per heavy atom. The minimum atomic E-state index is -0.142. The van der Waals surface area contributed by atoms with Crippen LogP contribution in [-0.2, 0) is 4.74 Å². The van der Waals surface area contributed by atoms with Crippen LogP contribution in [0.3, 0.4) is 0 Å². The van der Waals surface area contributed by atoms with Crippen LogP contribution in [0.1, 0.15) is 30.3 Å². The molecule has 1 unspecified atom stereocenters. The van der Waals surface area contributed by atoms with Crippen LogP contribution in [0.5, 0.6) is 0 Å². The molecular formula is C17H20ClN3O2. The Balaban J connectivity index is 1.65. The number of carbonyl (C=O) groups is 1. The maximum atomic E-state index is 12.4. The number of aromatic nitrogens is 2. The normalized spacial score (nSPS) is 17.0. The summed E-state index contributed by atoms with van der Waals surface area (Å²) in [5, 5.41) is 8.06. The number of ether oxygens (including phenoxy) is 1. The van der Waals surface area contributed by atoms with Crippen LogP contribution < -0.4 is 5.32 Å². The van der Waals surface area contributed by atoms with E-state index in [1.165, 1.54) is 0 Å². The predicted octanol–water partition coefficient (Wildman–Crippen LogP) is 3.07. The minimum Gasteiger partial charge on any atom is -0.381 e. The Labute approximate surface area is 140 Å². The molecule has 23 heavy (non-hydrogen) atoms. The molecule has 5 nitrogen and oxygen atoms in total. The number of amides is 1. The topological polar surface area (TPSA) is 56.2 Å². The third-order valence-electron chi connectivity index (χ3n) is 4.24. The van der Waals surface area contributed by atoms with Crippen molar-refractivity contribution in [3.8, 4) is 5.69 Å². The fourth-order valence-corrected chi connectivity index (χ4v) is 2.92. The van der Waals surface area contributed by atoms with Crippen molar-refractivity contribution in [2.45, 2.75) is 25.8 Å². The van der Waals surface area contributed by atoms with Gasteiger partial charge in [-0.2, -0.15) is 5.10 Å². The number of nitrogens with one attached hydrogen (secondary N) is 1. The number of carbonyl (C=O) groups excluding carboxylic acids is 1. The molecule has 1 aliphatic rings. The molecule has 0 radical (unpaired) electrons. The van der Waals surface area contributed by atoms with Gasteiger partial charge in [-0.1, -0.05) is 11.6 Å². The molecule has 0 aliphatic carbocycles. The summed E-state index contributed by atoms with van der Waals surface area (Å²) in [6.07, 6.45) is 3.75. The van der Waals surface area contributed by atoms with Crippen LogP contribution in [0.25, 0.3) is 5.69 Å². The first-order chi connectivity index (χ1) is 11.1. The molecule has 0 spiro atoms. The smallest absolute Gasteiger partial charge is 0.272 e. The highest BCUT2D eigenvalue weighted by atomic mass is 35.5. The zero-order valence-electron chi connectivity index (χ0n) is 13.0. The van der Waals surface area contributed by atoms with Gasteiger partial charge in [0.1, 0.15) is 0 Å². The third-order valence-corrected chi connectivity index (χ3v) is 4.50. The Kier molecular flexibility index (Phi) is 4.98. The molecule has 0 bridgehead atoms. The molecule has 2 heterocycles. The van der Waals surface area contributed by atoms with Crippen LogP contribution in [-0.4, -0.2) is 34.9 Å². The lowest BCUT2D eigenvalue weighted by Gasteiger charge is -2.28. The van der Waals surface area contributed by atoms with Crippen LogP contribution in [0.4, 0.5) is 0 Å². The maximum absolute atomic E-state index is 12.4. The second-order valence-corrected chi connectivity index (χ2v) is 6.27. The molecule has 2 aromatic rings. The van der Waals surface area contributed by atoms with Gasteiger partial charge in [-0.25, -0.2) is 4.68 Å². The van der Waals surface area contributed by atoms with Crippen molar-refractivity contribution in [2.24, 2.45) is 5.92 Å². The van der Waals surface area contributed by atoms with Gasteiger partial charge in [0.2, 0.25) is 0 Å². The first-order valence-corrected chi connectivity index (χ1v) is 8.21. The number of rotatable bonds is 4. The fraction of sp³-hybridized carbons (Fsp3) is 0.412. The Hall–Kier alpha value is -1.85. The van der Waals surface area contributed by atoms with E-state index in [1.54, 1.807) is 29.1 Å². The third kappa shape index (κ3) is 3.92. The molecule has 6 heteroatoms. The van der Waals surface area contributed by atoms with Crippen LogP contribution in [0.2, 0.25) is 5.02 Å². The molecule has 1 atom stereocenters. The van der Waals surface area contributed by atoms with Crippen molar-refractivity contribution in [1.29, 1.82) is 0 Å². The number of nitrogens with zero attached hydrogens (tertiary/aromatic N) is 2. The van der Waals surface area contributed by atoms with Crippen molar-refractivity contribution >= 4 is 17.5 Å². The van der Waals surface area contributed by atoms with E-state index in [9.17, 15) is 4.79 Å². The molecule has 3 rings (SSSR count). The quantitative estimate of drug-likeness (QED) is 0.935. The summed E-state index contributed by atoms with van der Waals surface area (Å²) in [6.45, 7) is 3.59. The molecule has 1 amide bonds. The van der Waals surface area contributed by atoms with E-state index in [1.807, 2.05) is 19.1 Å². The van der Waals surface area contributed by atoms with E-state index in [4.69, 9.17) is 16.3 Å². The second-order valence-electron chi connectivity index (χ2n) is 5.83. The highest BCUT2D eigenvalue weighted by Crippen LogP contribution is 2.19. The van der Waals surface area contributed by atoms with Crippen molar-refractivity contribution in [3.05, 3.63) is 47.2 Å². The standard InChI is InChI=1S/C17H20ClN3O2/c1-12(13-7-10-23-11-8-13)19-17(22)16-6-9-21(20-16)15-4-2-14(18)3-5-15/h2-6,9,12-13H,7-8,10-11H2,1H3,(H,19,22). The van der Waals surface area contributed by atoms with Crippen molar-refractivity contribution in [2.75, 3.05) is 13.2 Å². The molecule has 1 aromatic carbocycles. The summed E-state index contributed by atoms with van der Waals surface area (Å²) in [5.41, 5.74) is 1.28. The van der Waals surface area contributed by atoms with E-state index in [0.717, 1.165) is 31.7 Å². The summed E-state index contributed by atoms with van der Waals surface area (Å²) in [5.74, 6) is 0.322. The summed E-state index contributed by atoms with van der Waals surface area (Å²) in [7, 11) is 0. The zero-order chi connectivity index (χ0) is 16.2. The lowest BCUT2D eigenvalue weighted by Crippen LogP contribution is -2.40. The second kappa shape index (κ2) is 7.15. The predicted molar refractivity (Wildman–Crippen MR) is 89.0 cm³/mol. The van der Waals surface area contributed by atoms with Gasteiger partial charge in [-0.05, 0) is 56.0 Å². The summed E-state index contributed by atoms with van der Waals surface area (Å²) in [6, 6.07) is 9.16. The molecule has 1 N–H and O–H groups in total. The van der Waals surface area contributed by atoms with Gasteiger partial charge < -0.3 is 10.1 Å². The average molecular weight is 334 g/mol. The Morgan fingerprint density at radius 3 is 2.70 bits per heavy atom. The average Bonchev–Trinajstić information content (AvgIpc) is 3.06. The van der Waals surface area contributed by atoms with E-state index in [2.05, 4.69) is 10.4 Å². The van der Waals surface area contributed by atoms with Gasteiger partial charge in [0, 0.05) is 30.5 Å². The molecule has 0 saturated carbocycles. The number of halogens is 1. The Morgan fingerprint density at radius 2 is 2.00 bits per heavy atom. The van der Waals surface area contributed by atoms with Gasteiger partial charge in [0.05, 0.1) is 5.69 Å². The number of hydrogen-bond acceptors (Lipinski definition) is 3. The first-order valence-electron chi connectivity index (χ1n) is 7.84. The van der Waals surface area contributed by atoms with Gasteiger partial charge in [-0.15, -0.1) is 0 Å². The van der Waals surface area contributed by atoms with E-state index in [0.29, 0.717) is 16.6 Å². The summed E-state index contributed by atoms with van der Waals surface area (Å²) >= 11 is 5.88. The lowest BCUT2D eigenvalue weighted by atomic mass is 9.93. The monoisotopic (exact) mass is 333 g/mol. The highest BCUT2D eigenvalue weighted by Gasteiger charge is 2.23. The fourth-order valence-electron chi connectivity index (χ4n) is 2.80. The highest BCUT2D eigenvalue weighted by molar-refractivity contribution is 6.30. The maximum Gasteiger partial charge on any atom is 0.272 e. The Bertz CT molecular complexity index is 663. The summed E-state index contributed by atoms with van der Waals surface area (Å²) in [4.78, 5) is 12.4. The van der Waals surface area contributed by atoms with Gasteiger partial charge >= 0.3 is 0 Å².